The Kier molecular flexibility index (Phi) is 4.29. The van der Waals surface area contributed by atoms with Crippen LogP contribution < -0.4 is 15.4 Å². The molecule has 1 aliphatic heterocycles. The number of carbonyl (C=O) groups is 1. The molecule has 4 rings (SSSR count). The van der Waals surface area contributed by atoms with Crippen molar-refractivity contribution >= 4 is 28.3 Å². The molecule has 134 valence electrons. The summed E-state index contributed by atoms with van der Waals surface area (Å²) in [5.41, 5.74) is 0.934. The van der Waals surface area contributed by atoms with Crippen LogP contribution in [0.25, 0.3) is 0 Å². The molecule has 0 bridgehead atoms. The van der Waals surface area contributed by atoms with Gasteiger partial charge in [0.05, 0.1) is 19.1 Å². The van der Waals surface area contributed by atoms with Gasteiger partial charge < -0.3 is 15.4 Å². The lowest BCUT2D eigenvalue weighted by molar-refractivity contribution is -0.121. The highest BCUT2D eigenvalue weighted by atomic mass is 32.1. The van der Waals surface area contributed by atoms with Gasteiger partial charge in [0.2, 0.25) is 11.9 Å². The van der Waals surface area contributed by atoms with Crippen LogP contribution in [0.4, 0.5) is 11.1 Å². The van der Waals surface area contributed by atoms with Crippen LogP contribution in [0, 0.1) is 5.92 Å². The molecule has 8 nitrogen and oxygen atoms in total. The van der Waals surface area contributed by atoms with Crippen molar-refractivity contribution in [3.8, 4) is 5.75 Å². The lowest BCUT2D eigenvalue weighted by atomic mass is 9.85. The maximum atomic E-state index is 13.1. The van der Waals surface area contributed by atoms with Gasteiger partial charge in [-0.25, -0.2) is 9.67 Å². The van der Waals surface area contributed by atoms with Gasteiger partial charge >= 0.3 is 0 Å². The fourth-order valence-electron chi connectivity index (χ4n) is 3.29. The van der Waals surface area contributed by atoms with E-state index >= 15 is 0 Å². The summed E-state index contributed by atoms with van der Waals surface area (Å²) in [5, 5.41) is 12.9. The summed E-state index contributed by atoms with van der Waals surface area (Å²) in [4.78, 5) is 21.5. The van der Waals surface area contributed by atoms with Gasteiger partial charge in [0.15, 0.2) is 5.13 Å². The Morgan fingerprint density at radius 3 is 3.04 bits per heavy atom. The van der Waals surface area contributed by atoms with Gasteiger partial charge in [-0.3, -0.25) is 4.79 Å². The summed E-state index contributed by atoms with van der Waals surface area (Å²) in [6.45, 7) is 1.97. The van der Waals surface area contributed by atoms with Gasteiger partial charge in [0, 0.05) is 17.6 Å². The van der Waals surface area contributed by atoms with E-state index in [-0.39, 0.29) is 18.0 Å². The second kappa shape index (κ2) is 6.75. The fraction of sp³-hybridized carbons (Fsp3) is 0.294. The molecular weight excluding hydrogens is 352 g/mol. The molecular formula is C17H18N6O2S. The van der Waals surface area contributed by atoms with E-state index in [1.165, 1.54) is 17.7 Å². The molecule has 2 aromatic heterocycles. The number of hydrogen-bond donors (Lipinski definition) is 2. The first-order valence-electron chi connectivity index (χ1n) is 8.17. The van der Waals surface area contributed by atoms with Crippen LogP contribution in [-0.2, 0) is 4.79 Å². The third kappa shape index (κ3) is 2.90. The third-order valence-corrected chi connectivity index (χ3v) is 5.16. The van der Waals surface area contributed by atoms with Crippen LogP contribution in [-0.4, -0.2) is 38.8 Å². The summed E-state index contributed by atoms with van der Waals surface area (Å²) in [7, 11) is 1.62. The zero-order chi connectivity index (χ0) is 18.1. The first kappa shape index (κ1) is 16.5. The Bertz CT molecular complexity index is 910. The van der Waals surface area contributed by atoms with Gasteiger partial charge in [0.1, 0.15) is 12.1 Å². The highest BCUT2D eigenvalue weighted by Crippen LogP contribution is 2.37. The normalized spacial score (nSPS) is 21.5. The van der Waals surface area contributed by atoms with E-state index in [1.54, 1.807) is 18.0 Å². The number of fused-ring (bicyclic) bond motifs is 1. The van der Waals surface area contributed by atoms with Gasteiger partial charge in [-0.2, -0.15) is 10.1 Å². The Labute approximate surface area is 154 Å². The zero-order valence-corrected chi connectivity index (χ0v) is 15.1. The molecule has 0 radical (unpaired) electrons. The van der Waals surface area contributed by atoms with E-state index in [9.17, 15) is 4.79 Å². The molecule has 3 atom stereocenters. The number of methoxy groups -OCH3 is 1. The van der Waals surface area contributed by atoms with E-state index in [4.69, 9.17) is 4.74 Å². The minimum atomic E-state index is -0.403. The summed E-state index contributed by atoms with van der Waals surface area (Å²) in [5.74, 6) is 0.854. The fourth-order valence-corrected chi connectivity index (χ4v) is 3.83. The minimum Gasteiger partial charge on any atom is -0.497 e. The molecule has 3 aromatic rings. The Morgan fingerprint density at radius 2 is 2.27 bits per heavy atom. The van der Waals surface area contributed by atoms with Crippen molar-refractivity contribution in [2.45, 2.75) is 19.0 Å². The Balaban J connectivity index is 1.75. The summed E-state index contributed by atoms with van der Waals surface area (Å²) in [6, 6.07) is 7.24. The number of anilines is 2. The molecule has 0 unspecified atom stereocenters. The van der Waals surface area contributed by atoms with Crippen molar-refractivity contribution < 1.29 is 9.53 Å². The van der Waals surface area contributed by atoms with Crippen molar-refractivity contribution in [3.63, 3.8) is 0 Å². The van der Waals surface area contributed by atoms with Crippen molar-refractivity contribution in [3.05, 3.63) is 47.7 Å². The first-order chi connectivity index (χ1) is 12.7. The van der Waals surface area contributed by atoms with Crippen molar-refractivity contribution in [1.29, 1.82) is 0 Å². The largest absolute Gasteiger partial charge is 0.497 e. The summed E-state index contributed by atoms with van der Waals surface area (Å²) >= 11 is 1.39. The standard InChI is InChI=1S/C17H18N6O2S/c1-10-13(15(24)22-17-18-6-7-26-17)14(23-16(21-10)19-9-20-23)11-4-3-5-12(8-11)25-2/h3-10,13-14H,1-2H3,(H,18,22,24)(H,19,20,21)/t10-,13+,14-/m0/s1. The first-order valence-corrected chi connectivity index (χ1v) is 9.05. The minimum absolute atomic E-state index is 0.117. The number of hydrogen-bond acceptors (Lipinski definition) is 7. The summed E-state index contributed by atoms with van der Waals surface area (Å²) in [6.07, 6.45) is 3.15. The maximum absolute atomic E-state index is 13.1. The number of thiazole rings is 1. The molecule has 1 aliphatic rings. The number of carbonyl (C=O) groups excluding carboxylic acids is 1. The second-order valence-corrected chi connectivity index (χ2v) is 6.93. The number of ether oxygens (including phenoxy) is 1. The van der Waals surface area contributed by atoms with E-state index in [0.29, 0.717) is 11.1 Å². The smallest absolute Gasteiger partial charge is 0.233 e. The number of aromatic nitrogens is 4. The summed E-state index contributed by atoms with van der Waals surface area (Å²) < 4.78 is 7.10. The van der Waals surface area contributed by atoms with Crippen LogP contribution in [0.3, 0.4) is 0 Å². The second-order valence-electron chi connectivity index (χ2n) is 6.03. The molecule has 2 N–H and O–H groups in total. The van der Waals surface area contributed by atoms with Gasteiger partial charge in [-0.1, -0.05) is 12.1 Å². The van der Waals surface area contributed by atoms with Gasteiger partial charge in [0.25, 0.3) is 0 Å². The van der Waals surface area contributed by atoms with Crippen LogP contribution in [0.5, 0.6) is 5.75 Å². The lowest BCUT2D eigenvalue weighted by Gasteiger charge is -2.36. The van der Waals surface area contributed by atoms with Crippen LogP contribution in [0.1, 0.15) is 18.5 Å². The number of nitrogens with one attached hydrogen (secondary N) is 2. The molecule has 1 aromatic carbocycles. The maximum Gasteiger partial charge on any atom is 0.233 e. The SMILES string of the molecule is COc1cccc([C@H]2[C@H](C(=O)Nc3nccs3)[C@H](C)Nc3ncnn32)c1. The number of rotatable bonds is 4. The molecule has 1 amide bonds. The van der Waals surface area contributed by atoms with E-state index < -0.39 is 5.92 Å². The van der Waals surface area contributed by atoms with Crippen molar-refractivity contribution in [2.24, 2.45) is 5.92 Å². The van der Waals surface area contributed by atoms with E-state index in [0.717, 1.165) is 11.3 Å². The van der Waals surface area contributed by atoms with Crippen LogP contribution in [0.15, 0.2) is 42.2 Å². The molecule has 0 spiro atoms. The molecule has 3 heterocycles. The van der Waals surface area contributed by atoms with Crippen molar-refractivity contribution in [2.75, 3.05) is 17.7 Å². The number of benzene rings is 1. The highest BCUT2D eigenvalue weighted by Gasteiger charge is 2.41. The Hall–Kier alpha value is -2.94. The molecule has 0 fully saturated rings. The lowest BCUT2D eigenvalue weighted by Crippen LogP contribution is -2.46. The molecule has 9 heteroatoms. The average molecular weight is 370 g/mol. The molecule has 0 saturated carbocycles. The van der Waals surface area contributed by atoms with E-state index in [1.807, 2.05) is 36.6 Å². The topological polar surface area (TPSA) is 94.0 Å². The monoisotopic (exact) mass is 370 g/mol. The quantitative estimate of drug-likeness (QED) is 0.732. The number of nitrogens with zero attached hydrogens (tertiary/aromatic N) is 4. The van der Waals surface area contributed by atoms with Crippen LogP contribution in [0.2, 0.25) is 0 Å². The van der Waals surface area contributed by atoms with Gasteiger partial charge in [-0.05, 0) is 24.6 Å². The van der Waals surface area contributed by atoms with E-state index in [2.05, 4.69) is 25.7 Å². The van der Waals surface area contributed by atoms with Gasteiger partial charge in [-0.15, -0.1) is 11.3 Å². The predicted octanol–water partition coefficient (Wildman–Crippen LogP) is 2.40. The Morgan fingerprint density at radius 1 is 1.38 bits per heavy atom. The zero-order valence-electron chi connectivity index (χ0n) is 14.3. The molecule has 0 saturated heterocycles. The number of amides is 1. The highest BCUT2D eigenvalue weighted by molar-refractivity contribution is 7.13. The third-order valence-electron chi connectivity index (χ3n) is 4.47. The predicted molar refractivity (Wildman–Crippen MR) is 98.5 cm³/mol. The molecule has 0 aliphatic carbocycles. The molecule has 26 heavy (non-hydrogen) atoms. The van der Waals surface area contributed by atoms with Crippen molar-refractivity contribution in [1.82, 2.24) is 19.7 Å². The van der Waals surface area contributed by atoms with Crippen LogP contribution >= 0.6 is 11.3 Å². The average Bonchev–Trinajstić information content (AvgIpc) is 3.32.